The van der Waals surface area contributed by atoms with Crippen molar-refractivity contribution >= 4 is 16.0 Å². The van der Waals surface area contributed by atoms with Gasteiger partial charge in [0.15, 0.2) is 0 Å². The molecule has 76 valence electrons. The van der Waals surface area contributed by atoms with Crippen LogP contribution in [0.2, 0.25) is 0 Å². The highest BCUT2D eigenvalue weighted by atomic mass is 32.2. The van der Waals surface area contributed by atoms with E-state index in [1.807, 2.05) is 0 Å². The molecule has 2 atom stereocenters. The second-order valence-electron chi connectivity index (χ2n) is 3.18. The van der Waals surface area contributed by atoms with Gasteiger partial charge >= 0.3 is 5.97 Å². The van der Waals surface area contributed by atoms with Gasteiger partial charge < -0.3 is 10.8 Å². The van der Waals surface area contributed by atoms with Crippen LogP contribution in [0, 0.1) is 0 Å². The van der Waals surface area contributed by atoms with Crippen LogP contribution in [0.1, 0.15) is 6.42 Å². The largest absolute Gasteiger partial charge is 0.480 e. The van der Waals surface area contributed by atoms with Gasteiger partial charge in [0.05, 0.1) is 6.26 Å². The van der Waals surface area contributed by atoms with Crippen molar-refractivity contribution in [2.45, 2.75) is 18.5 Å². The van der Waals surface area contributed by atoms with Gasteiger partial charge in [-0.1, -0.05) is 0 Å². The van der Waals surface area contributed by atoms with Gasteiger partial charge in [0.1, 0.15) is 6.04 Å². The summed E-state index contributed by atoms with van der Waals surface area (Å²) in [6.45, 7) is 0.0931. The Bertz CT molecular complexity index is 313. The predicted molar refractivity (Wildman–Crippen MR) is 45.6 cm³/mol. The third-order valence-electron chi connectivity index (χ3n) is 2.00. The van der Waals surface area contributed by atoms with Gasteiger partial charge in [0.25, 0.3) is 0 Å². The molecule has 6 nitrogen and oxygen atoms in total. The number of aliphatic carboxylic acids is 1. The molecule has 0 saturated carbocycles. The highest BCUT2D eigenvalue weighted by Gasteiger charge is 2.40. The normalized spacial score (nSPS) is 30.6. The Morgan fingerprint density at radius 1 is 1.62 bits per heavy atom. The number of rotatable bonds is 2. The number of nitrogens with zero attached hydrogens (tertiary/aromatic N) is 1. The lowest BCUT2D eigenvalue weighted by atomic mass is 10.2. The maximum atomic E-state index is 11.1. The molecule has 0 radical (unpaired) electrons. The van der Waals surface area contributed by atoms with Gasteiger partial charge in [-0.2, -0.15) is 4.31 Å². The fourth-order valence-electron chi connectivity index (χ4n) is 1.43. The number of hydrogen-bond donors (Lipinski definition) is 2. The van der Waals surface area contributed by atoms with E-state index in [0.717, 1.165) is 10.6 Å². The Labute approximate surface area is 76.4 Å². The van der Waals surface area contributed by atoms with Crippen LogP contribution >= 0.6 is 0 Å². The first-order valence-corrected chi connectivity index (χ1v) is 5.62. The van der Waals surface area contributed by atoms with Crippen LogP contribution < -0.4 is 5.73 Å². The van der Waals surface area contributed by atoms with E-state index in [-0.39, 0.29) is 19.0 Å². The maximum Gasteiger partial charge on any atom is 0.322 e. The summed E-state index contributed by atoms with van der Waals surface area (Å²) in [6.07, 6.45) is 1.17. The molecule has 1 aliphatic heterocycles. The lowest BCUT2D eigenvalue weighted by Crippen LogP contribution is -2.40. The molecule has 2 unspecified atom stereocenters. The molecule has 1 aliphatic rings. The third kappa shape index (κ3) is 2.17. The Balaban J connectivity index is 2.91. The molecule has 7 heteroatoms. The molecule has 0 amide bonds. The zero-order valence-corrected chi connectivity index (χ0v) is 7.99. The van der Waals surface area contributed by atoms with Crippen LogP contribution in [0.25, 0.3) is 0 Å². The molecule has 0 aromatic rings. The molecule has 1 fully saturated rings. The minimum Gasteiger partial charge on any atom is -0.480 e. The fourth-order valence-corrected chi connectivity index (χ4v) is 2.53. The van der Waals surface area contributed by atoms with Crippen LogP contribution in [0.4, 0.5) is 0 Å². The first-order chi connectivity index (χ1) is 5.82. The molecular weight excluding hydrogens is 196 g/mol. The Kier molecular flexibility index (Phi) is 2.60. The molecule has 0 spiro atoms. The van der Waals surface area contributed by atoms with Crippen LogP contribution in [0.5, 0.6) is 0 Å². The van der Waals surface area contributed by atoms with Gasteiger partial charge in [0.2, 0.25) is 10.0 Å². The zero-order chi connectivity index (χ0) is 10.2. The first-order valence-electron chi connectivity index (χ1n) is 3.77. The lowest BCUT2D eigenvalue weighted by molar-refractivity contribution is -0.140. The molecule has 1 saturated heterocycles. The van der Waals surface area contributed by atoms with Crippen molar-refractivity contribution in [3.8, 4) is 0 Å². The zero-order valence-electron chi connectivity index (χ0n) is 7.17. The molecule has 1 heterocycles. The number of hydrogen-bond acceptors (Lipinski definition) is 4. The van der Waals surface area contributed by atoms with Gasteiger partial charge in [-0.25, -0.2) is 8.42 Å². The smallest absolute Gasteiger partial charge is 0.322 e. The topological polar surface area (TPSA) is 101 Å². The maximum absolute atomic E-state index is 11.1. The number of sulfonamides is 1. The summed E-state index contributed by atoms with van der Waals surface area (Å²) in [6, 6.07) is -1.37. The summed E-state index contributed by atoms with van der Waals surface area (Å²) in [5.74, 6) is -1.14. The molecule has 13 heavy (non-hydrogen) atoms. The van der Waals surface area contributed by atoms with Crippen molar-refractivity contribution in [2.75, 3.05) is 12.8 Å². The van der Waals surface area contributed by atoms with Crippen molar-refractivity contribution in [2.24, 2.45) is 5.73 Å². The lowest BCUT2D eigenvalue weighted by Gasteiger charge is -2.17. The van der Waals surface area contributed by atoms with Crippen molar-refractivity contribution in [1.82, 2.24) is 4.31 Å². The van der Waals surface area contributed by atoms with Crippen molar-refractivity contribution < 1.29 is 18.3 Å². The van der Waals surface area contributed by atoms with Gasteiger partial charge in [-0.05, 0) is 6.42 Å². The number of carboxylic acid groups (broad SMARTS) is 1. The highest BCUT2D eigenvalue weighted by Crippen LogP contribution is 2.19. The summed E-state index contributed by atoms with van der Waals surface area (Å²) in [5, 5.41) is 8.70. The molecule has 1 rings (SSSR count). The molecular formula is C6H12N2O4S. The Hall–Kier alpha value is -0.660. The van der Waals surface area contributed by atoms with Crippen LogP contribution in [-0.2, 0) is 14.8 Å². The van der Waals surface area contributed by atoms with Crippen LogP contribution in [-0.4, -0.2) is 48.7 Å². The molecule has 0 aliphatic carbocycles. The summed E-state index contributed by atoms with van der Waals surface area (Å²) in [5.41, 5.74) is 5.48. The summed E-state index contributed by atoms with van der Waals surface area (Å²) >= 11 is 0. The minimum absolute atomic E-state index is 0.0931. The van der Waals surface area contributed by atoms with Crippen molar-refractivity contribution in [3.05, 3.63) is 0 Å². The average Bonchev–Trinajstić information content (AvgIpc) is 2.29. The number of nitrogens with two attached hydrogens (primary N) is 1. The molecule has 0 aromatic carbocycles. The van der Waals surface area contributed by atoms with Gasteiger partial charge in [-0.3, -0.25) is 4.79 Å². The van der Waals surface area contributed by atoms with Crippen molar-refractivity contribution in [1.29, 1.82) is 0 Å². The van der Waals surface area contributed by atoms with Crippen LogP contribution in [0.3, 0.4) is 0 Å². The van der Waals surface area contributed by atoms with E-state index >= 15 is 0 Å². The first kappa shape index (κ1) is 10.4. The van der Waals surface area contributed by atoms with Gasteiger partial charge in [0, 0.05) is 12.6 Å². The van der Waals surface area contributed by atoms with E-state index < -0.39 is 22.0 Å². The molecule has 3 N–H and O–H groups in total. The highest BCUT2D eigenvalue weighted by molar-refractivity contribution is 7.88. The quantitative estimate of drug-likeness (QED) is 0.571. The summed E-state index contributed by atoms with van der Waals surface area (Å²) < 4.78 is 23.1. The average molecular weight is 208 g/mol. The van der Waals surface area contributed by atoms with E-state index in [0.29, 0.717) is 0 Å². The van der Waals surface area contributed by atoms with Gasteiger partial charge in [-0.15, -0.1) is 0 Å². The van der Waals surface area contributed by atoms with Crippen LogP contribution in [0.15, 0.2) is 0 Å². The Morgan fingerprint density at radius 3 is 2.46 bits per heavy atom. The van der Waals surface area contributed by atoms with Crippen molar-refractivity contribution in [3.63, 3.8) is 0 Å². The SMILES string of the molecule is CS(=O)(=O)N1CC(N)CC1C(=O)O. The van der Waals surface area contributed by atoms with E-state index in [1.165, 1.54) is 0 Å². The van der Waals surface area contributed by atoms with E-state index in [1.54, 1.807) is 0 Å². The number of carboxylic acids is 1. The van der Waals surface area contributed by atoms with E-state index in [9.17, 15) is 13.2 Å². The molecule has 0 bridgehead atoms. The number of carbonyl (C=O) groups is 1. The summed E-state index contributed by atoms with van der Waals surface area (Å²) in [4.78, 5) is 10.6. The monoisotopic (exact) mass is 208 g/mol. The Morgan fingerprint density at radius 2 is 2.15 bits per heavy atom. The molecule has 0 aromatic heterocycles. The standard InChI is InChI=1S/C6H12N2O4S/c1-13(11,12)8-3-4(7)2-5(8)6(9)10/h4-5H,2-3,7H2,1H3,(H,9,10). The fraction of sp³-hybridized carbons (Fsp3) is 0.833. The second-order valence-corrected chi connectivity index (χ2v) is 5.12. The predicted octanol–water partition coefficient (Wildman–Crippen LogP) is -1.57. The summed E-state index contributed by atoms with van der Waals surface area (Å²) in [7, 11) is -3.46. The van der Waals surface area contributed by atoms with E-state index in [2.05, 4.69) is 0 Å². The minimum atomic E-state index is -3.46. The van der Waals surface area contributed by atoms with E-state index in [4.69, 9.17) is 10.8 Å². The third-order valence-corrected chi connectivity index (χ3v) is 3.25. The second kappa shape index (κ2) is 3.24.